The van der Waals surface area contributed by atoms with Crippen LogP contribution in [0.3, 0.4) is 0 Å². The number of aliphatic hydroxyl groups excluding tert-OH is 2. The molecule has 198 valence electrons. The van der Waals surface area contributed by atoms with Crippen molar-refractivity contribution in [1.29, 1.82) is 0 Å². The van der Waals surface area contributed by atoms with Crippen LogP contribution in [-0.2, 0) is 19.1 Å². The zero-order chi connectivity index (χ0) is 26.8. The van der Waals surface area contributed by atoms with Crippen LogP contribution >= 0.6 is 0 Å². The Bertz CT molecular complexity index is 858. The molecule has 35 heavy (non-hydrogen) atoms. The maximum absolute atomic E-state index is 14.6. The Balaban J connectivity index is 2.91. The number of hydrogen-bond donors (Lipinski definition) is 3. The Morgan fingerprint density at radius 3 is 2.06 bits per heavy atom. The molecule has 0 aliphatic rings. The fourth-order valence-corrected chi connectivity index (χ4v) is 2.96. The number of anilines is 1. The molecule has 0 unspecified atom stereocenters. The summed E-state index contributed by atoms with van der Waals surface area (Å²) in [6.45, 7) is 9.85. The molecule has 0 fully saturated rings. The highest BCUT2D eigenvalue weighted by Crippen LogP contribution is 2.24. The first-order valence-corrected chi connectivity index (χ1v) is 11.3. The summed E-state index contributed by atoms with van der Waals surface area (Å²) < 4.78 is 30.3. The minimum absolute atomic E-state index is 0.0937. The van der Waals surface area contributed by atoms with E-state index in [1.165, 1.54) is 17.0 Å². The lowest BCUT2D eigenvalue weighted by Gasteiger charge is -2.25. The molecule has 0 spiro atoms. The molecule has 0 aromatic heterocycles. The first kappa shape index (κ1) is 30.1. The lowest BCUT2D eigenvalue weighted by atomic mass is 10.1. The predicted molar refractivity (Wildman–Crippen MR) is 127 cm³/mol. The molecular weight excluding hydrogens is 463 g/mol. The molecule has 3 N–H and O–H groups in total. The second-order valence-corrected chi connectivity index (χ2v) is 9.79. The lowest BCUT2D eigenvalue weighted by molar-refractivity contribution is -0.158. The highest BCUT2D eigenvalue weighted by Gasteiger charge is 2.29. The highest BCUT2D eigenvalue weighted by atomic mass is 19.1. The highest BCUT2D eigenvalue weighted by molar-refractivity contribution is 5.83. The van der Waals surface area contributed by atoms with Gasteiger partial charge >= 0.3 is 18.0 Å². The van der Waals surface area contributed by atoms with E-state index in [0.717, 1.165) is 6.07 Å². The Kier molecular flexibility index (Phi) is 11.4. The number of ether oxygens (including phenoxy) is 3. The number of aliphatic hydroxyl groups is 2. The van der Waals surface area contributed by atoms with Gasteiger partial charge in [0, 0.05) is 25.6 Å². The molecule has 1 atom stereocenters. The second kappa shape index (κ2) is 13.2. The molecule has 0 radical (unpaired) electrons. The third-order valence-corrected chi connectivity index (χ3v) is 4.25. The molecule has 10 nitrogen and oxygen atoms in total. The smallest absolute Gasteiger partial charge is 0.413 e. The van der Waals surface area contributed by atoms with Gasteiger partial charge in [-0.3, -0.25) is 4.79 Å². The van der Waals surface area contributed by atoms with Crippen molar-refractivity contribution in [3.8, 4) is 5.75 Å². The number of rotatable bonds is 11. The van der Waals surface area contributed by atoms with Crippen molar-refractivity contribution in [2.45, 2.75) is 71.6 Å². The summed E-state index contributed by atoms with van der Waals surface area (Å²) in [5.41, 5.74) is -1.42. The summed E-state index contributed by atoms with van der Waals surface area (Å²) in [5.74, 6) is -2.17. The van der Waals surface area contributed by atoms with E-state index in [2.05, 4.69) is 5.32 Å². The van der Waals surface area contributed by atoms with Crippen LogP contribution in [0, 0.1) is 5.82 Å². The van der Waals surface area contributed by atoms with Crippen molar-refractivity contribution >= 4 is 23.7 Å². The number of nitrogens with zero attached hydrogens (tertiary/aromatic N) is 1. The molecule has 0 aliphatic carbocycles. The summed E-state index contributed by atoms with van der Waals surface area (Å²) in [6, 6.07) is 2.45. The number of benzene rings is 1. The molecule has 0 bridgehead atoms. The molecule has 1 aromatic carbocycles. The maximum Gasteiger partial charge on any atom is 0.413 e. The molecule has 0 aliphatic heterocycles. The fraction of sp³-hybridized carbons (Fsp3) is 0.625. The third kappa shape index (κ3) is 11.9. The molecule has 1 amide bonds. The van der Waals surface area contributed by atoms with E-state index in [1.54, 1.807) is 41.5 Å². The number of halogens is 1. The van der Waals surface area contributed by atoms with Gasteiger partial charge in [0.2, 0.25) is 0 Å². The number of nitrogens with one attached hydrogen (secondary N) is 1. The van der Waals surface area contributed by atoms with E-state index >= 15 is 0 Å². The van der Waals surface area contributed by atoms with E-state index in [9.17, 15) is 18.8 Å². The number of hydrogen-bond acceptors (Lipinski definition) is 9. The Morgan fingerprint density at radius 2 is 1.57 bits per heavy atom. The van der Waals surface area contributed by atoms with Crippen LogP contribution in [0.4, 0.5) is 14.9 Å². The maximum atomic E-state index is 14.6. The van der Waals surface area contributed by atoms with Gasteiger partial charge in [-0.2, -0.15) is 0 Å². The van der Waals surface area contributed by atoms with E-state index in [4.69, 9.17) is 24.4 Å². The number of amides is 1. The van der Waals surface area contributed by atoms with Gasteiger partial charge in [-0.05, 0) is 60.1 Å². The molecular formula is C24H37FN2O8. The SMILES string of the molecule is CC(C)(C)OC(=O)CC[C@H](NC(=O)Oc1ccc(N(CCO)CCO)c(F)c1)C(=O)OC(C)(C)C. The van der Waals surface area contributed by atoms with Crippen LogP contribution < -0.4 is 15.0 Å². The first-order chi connectivity index (χ1) is 16.1. The normalized spacial score (nSPS) is 12.5. The van der Waals surface area contributed by atoms with Crippen LogP contribution in [0.1, 0.15) is 54.4 Å². The Morgan fingerprint density at radius 1 is 1.00 bits per heavy atom. The van der Waals surface area contributed by atoms with Crippen molar-refractivity contribution in [1.82, 2.24) is 5.32 Å². The predicted octanol–water partition coefficient (Wildman–Crippen LogP) is 2.54. The third-order valence-electron chi connectivity index (χ3n) is 4.25. The van der Waals surface area contributed by atoms with Gasteiger partial charge < -0.3 is 34.6 Å². The monoisotopic (exact) mass is 500 g/mol. The fourth-order valence-electron chi connectivity index (χ4n) is 2.96. The van der Waals surface area contributed by atoms with E-state index in [1.807, 2.05) is 0 Å². The van der Waals surface area contributed by atoms with Gasteiger partial charge in [0.1, 0.15) is 28.8 Å². The molecule has 0 heterocycles. The summed E-state index contributed by atoms with van der Waals surface area (Å²) in [7, 11) is 0. The number of esters is 2. The van der Waals surface area contributed by atoms with Crippen molar-refractivity contribution in [3.05, 3.63) is 24.0 Å². The zero-order valence-corrected chi connectivity index (χ0v) is 21.2. The average molecular weight is 501 g/mol. The molecule has 0 saturated heterocycles. The van der Waals surface area contributed by atoms with Crippen LogP contribution in [0.25, 0.3) is 0 Å². The second-order valence-electron chi connectivity index (χ2n) is 9.79. The summed E-state index contributed by atoms with van der Waals surface area (Å²) in [5, 5.41) is 20.6. The largest absolute Gasteiger partial charge is 0.460 e. The van der Waals surface area contributed by atoms with Gasteiger partial charge in [-0.15, -0.1) is 0 Å². The summed E-state index contributed by atoms with van der Waals surface area (Å²) in [4.78, 5) is 38.5. The summed E-state index contributed by atoms with van der Waals surface area (Å²) in [6.07, 6.45) is -1.29. The van der Waals surface area contributed by atoms with Crippen LogP contribution in [-0.4, -0.2) is 71.8 Å². The topological polar surface area (TPSA) is 135 Å². The molecule has 1 rings (SSSR count). The minimum Gasteiger partial charge on any atom is -0.460 e. The van der Waals surface area contributed by atoms with Crippen molar-refractivity contribution < 1.29 is 43.2 Å². The Labute approximate surface area is 205 Å². The zero-order valence-electron chi connectivity index (χ0n) is 21.2. The van der Waals surface area contributed by atoms with Gasteiger partial charge in [0.15, 0.2) is 0 Å². The van der Waals surface area contributed by atoms with Gasteiger partial charge in [0.25, 0.3) is 0 Å². The van der Waals surface area contributed by atoms with Gasteiger partial charge in [-0.25, -0.2) is 14.0 Å². The van der Waals surface area contributed by atoms with Crippen molar-refractivity contribution in [3.63, 3.8) is 0 Å². The lowest BCUT2D eigenvalue weighted by Crippen LogP contribution is -2.45. The molecule has 1 aromatic rings. The first-order valence-electron chi connectivity index (χ1n) is 11.3. The van der Waals surface area contributed by atoms with Gasteiger partial charge in [0.05, 0.1) is 18.9 Å². The van der Waals surface area contributed by atoms with E-state index < -0.39 is 41.1 Å². The molecule has 11 heteroatoms. The van der Waals surface area contributed by atoms with E-state index in [0.29, 0.717) is 0 Å². The number of carbonyl (C=O) groups is 3. The van der Waals surface area contributed by atoms with Crippen LogP contribution in [0.15, 0.2) is 18.2 Å². The Hall–Kier alpha value is -2.92. The van der Waals surface area contributed by atoms with Crippen molar-refractivity contribution in [2.75, 3.05) is 31.2 Å². The standard InChI is InChI=1S/C24H37FN2O8/c1-23(2,3)34-20(30)10-8-18(21(31)35-24(4,5)6)26-22(32)33-16-7-9-19(17(25)15-16)27(11-13-28)12-14-29/h7,9,15,18,28-29H,8,10-14H2,1-6H3,(H,26,32)/t18-/m0/s1. The minimum atomic E-state index is -1.21. The molecule has 0 saturated carbocycles. The van der Waals surface area contributed by atoms with Crippen LogP contribution in [0.5, 0.6) is 5.75 Å². The van der Waals surface area contributed by atoms with Crippen molar-refractivity contribution in [2.24, 2.45) is 0 Å². The average Bonchev–Trinajstić information content (AvgIpc) is 2.68. The quantitative estimate of drug-likeness (QED) is 0.392. The number of carbonyl (C=O) groups excluding carboxylic acids is 3. The van der Waals surface area contributed by atoms with Crippen LogP contribution in [0.2, 0.25) is 0 Å². The van der Waals surface area contributed by atoms with E-state index in [-0.39, 0.29) is 50.6 Å². The van der Waals surface area contributed by atoms with Gasteiger partial charge in [-0.1, -0.05) is 0 Å². The summed E-state index contributed by atoms with van der Waals surface area (Å²) >= 11 is 0.